The lowest BCUT2D eigenvalue weighted by Crippen LogP contribution is -2.22. The normalized spacial score (nSPS) is 19.1. The number of aryl methyl sites for hydroxylation is 1. The van der Waals surface area contributed by atoms with Gasteiger partial charge in [-0.25, -0.2) is 4.98 Å². The fourth-order valence-electron chi connectivity index (χ4n) is 1.65. The van der Waals surface area contributed by atoms with E-state index in [2.05, 4.69) is 26.2 Å². The second kappa shape index (κ2) is 6.60. The molecular formula is C11H15BrN2O3S. The lowest BCUT2D eigenvalue weighted by atomic mass is 10.2. The predicted octanol–water partition coefficient (Wildman–Crippen LogP) is 2.35. The smallest absolute Gasteiger partial charge is 0.252 e. The lowest BCUT2D eigenvalue weighted by molar-refractivity contribution is -0.121. The molecule has 1 aromatic heterocycles. The maximum atomic E-state index is 11.6. The molecule has 0 saturated carbocycles. The Morgan fingerprint density at radius 1 is 1.72 bits per heavy atom. The van der Waals surface area contributed by atoms with Crippen molar-refractivity contribution < 1.29 is 14.3 Å². The Bertz CT molecular complexity index is 399. The third kappa shape index (κ3) is 4.01. The first-order valence-corrected chi connectivity index (χ1v) is 7.38. The van der Waals surface area contributed by atoms with Gasteiger partial charge in [-0.2, -0.15) is 0 Å². The molecule has 1 atom stereocenters. The first-order valence-electron chi connectivity index (χ1n) is 5.77. The summed E-state index contributed by atoms with van der Waals surface area (Å²) >= 11 is 4.76. The van der Waals surface area contributed by atoms with Gasteiger partial charge in [0.25, 0.3) is 5.91 Å². The van der Waals surface area contributed by atoms with E-state index in [4.69, 9.17) is 9.47 Å². The van der Waals surface area contributed by atoms with Crippen molar-refractivity contribution in [2.45, 2.75) is 25.9 Å². The van der Waals surface area contributed by atoms with E-state index in [-0.39, 0.29) is 18.6 Å². The third-order valence-electron chi connectivity index (χ3n) is 2.55. The Morgan fingerprint density at radius 3 is 3.17 bits per heavy atom. The summed E-state index contributed by atoms with van der Waals surface area (Å²) in [6.45, 7) is 3.20. The van der Waals surface area contributed by atoms with Gasteiger partial charge in [-0.05, 0) is 35.7 Å². The highest BCUT2D eigenvalue weighted by atomic mass is 79.9. The Kier molecular flexibility index (Phi) is 5.11. The van der Waals surface area contributed by atoms with Crippen LogP contribution < -0.4 is 5.32 Å². The second-order valence-electron chi connectivity index (χ2n) is 4.08. The van der Waals surface area contributed by atoms with Crippen LogP contribution in [0.5, 0.6) is 0 Å². The molecule has 0 aromatic carbocycles. The minimum Gasteiger partial charge on any atom is -0.376 e. The van der Waals surface area contributed by atoms with Crippen LogP contribution in [0.4, 0.5) is 5.13 Å². The van der Waals surface area contributed by atoms with Crippen LogP contribution in [0.15, 0.2) is 3.79 Å². The molecule has 2 heterocycles. The molecule has 100 valence electrons. The summed E-state index contributed by atoms with van der Waals surface area (Å²) in [5.41, 5.74) is 0.871. The van der Waals surface area contributed by atoms with Crippen molar-refractivity contribution in [2.24, 2.45) is 0 Å². The highest BCUT2D eigenvalue weighted by Crippen LogP contribution is 2.27. The summed E-state index contributed by atoms with van der Waals surface area (Å²) in [5, 5.41) is 3.29. The van der Waals surface area contributed by atoms with Crippen LogP contribution >= 0.6 is 27.3 Å². The number of hydrogen-bond acceptors (Lipinski definition) is 5. The minimum atomic E-state index is -0.186. The molecule has 1 unspecified atom stereocenters. The number of carbonyl (C=O) groups is 1. The number of rotatable bonds is 5. The molecular weight excluding hydrogens is 320 g/mol. The third-order valence-corrected chi connectivity index (χ3v) is 4.47. The van der Waals surface area contributed by atoms with Crippen LogP contribution in [0.3, 0.4) is 0 Å². The largest absolute Gasteiger partial charge is 0.376 e. The fraction of sp³-hybridized carbons (Fsp3) is 0.636. The molecule has 1 fully saturated rings. The molecule has 0 aliphatic carbocycles. The Labute approximate surface area is 118 Å². The minimum absolute atomic E-state index is 0.0378. The lowest BCUT2D eigenvalue weighted by Gasteiger charge is -2.09. The van der Waals surface area contributed by atoms with Gasteiger partial charge in [-0.3, -0.25) is 10.1 Å². The van der Waals surface area contributed by atoms with Crippen molar-refractivity contribution in [1.29, 1.82) is 0 Å². The van der Waals surface area contributed by atoms with Gasteiger partial charge in [0, 0.05) is 6.61 Å². The van der Waals surface area contributed by atoms with Gasteiger partial charge in [-0.15, -0.1) is 0 Å². The predicted molar refractivity (Wildman–Crippen MR) is 73.0 cm³/mol. The number of amides is 1. The van der Waals surface area contributed by atoms with E-state index in [1.54, 1.807) is 0 Å². The maximum absolute atomic E-state index is 11.6. The van der Waals surface area contributed by atoms with E-state index in [0.29, 0.717) is 11.7 Å². The standard InChI is InChI=1S/C11H15BrN2O3S/c1-7-10(12)18-11(13-7)14-9(15)6-16-5-8-3-2-4-17-8/h8H,2-6H2,1H3,(H,13,14,15). The number of aromatic nitrogens is 1. The molecule has 1 aliphatic rings. The SMILES string of the molecule is Cc1nc(NC(=O)COCC2CCCO2)sc1Br. The van der Waals surface area contributed by atoms with E-state index >= 15 is 0 Å². The van der Waals surface area contributed by atoms with Crippen LogP contribution in [0, 0.1) is 6.92 Å². The molecule has 1 aliphatic heterocycles. The van der Waals surface area contributed by atoms with Crippen molar-refractivity contribution >= 4 is 38.3 Å². The number of hydrogen-bond donors (Lipinski definition) is 1. The highest BCUT2D eigenvalue weighted by Gasteiger charge is 2.16. The summed E-state index contributed by atoms with van der Waals surface area (Å²) in [6, 6.07) is 0. The molecule has 7 heteroatoms. The average Bonchev–Trinajstić information content (AvgIpc) is 2.90. The van der Waals surface area contributed by atoms with Crippen LogP contribution in [0.1, 0.15) is 18.5 Å². The fourth-order valence-corrected chi connectivity index (χ4v) is 2.90. The Morgan fingerprint density at radius 2 is 2.56 bits per heavy atom. The van der Waals surface area contributed by atoms with E-state index in [9.17, 15) is 4.79 Å². The molecule has 1 N–H and O–H groups in total. The molecule has 18 heavy (non-hydrogen) atoms. The topological polar surface area (TPSA) is 60.5 Å². The van der Waals surface area contributed by atoms with Gasteiger partial charge in [0.1, 0.15) is 6.61 Å². The van der Waals surface area contributed by atoms with Crippen LogP contribution in [0.25, 0.3) is 0 Å². The zero-order chi connectivity index (χ0) is 13.0. The summed E-state index contributed by atoms with van der Waals surface area (Å²) in [6.07, 6.45) is 2.24. The number of carbonyl (C=O) groups excluding carboxylic acids is 1. The molecule has 1 saturated heterocycles. The second-order valence-corrected chi connectivity index (χ2v) is 6.39. The summed E-state index contributed by atoms with van der Waals surface area (Å²) in [4.78, 5) is 15.8. The van der Waals surface area contributed by atoms with Crippen LogP contribution in [0.2, 0.25) is 0 Å². The van der Waals surface area contributed by atoms with Crippen LogP contribution in [-0.2, 0) is 14.3 Å². The summed E-state index contributed by atoms with van der Waals surface area (Å²) in [7, 11) is 0. The quantitative estimate of drug-likeness (QED) is 0.897. The number of anilines is 1. The number of thiazole rings is 1. The molecule has 2 rings (SSSR count). The van der Waals surface area contributed by atoms with Gasteiger partial charge >= 0.3 is 0 Å². The number of ether oxygens (including phenoxy) is 2. The Hall–Kier alpha value is -0.500. The highest BCUT2D eigenvalue weighted by molar-refractivity contribution is 9.11. The number of halogens is 1. The van der Waals surface area contributed by atoms with E-state index in [0.717, 1.165) is 28.9 Å². The maximum Gasteiger partial charge on any atom is 0.252 e. The zero-order valence-electron chi connectivity index (χ0n) is 10.1. The Balaban J connectivity index is 1.68. The van der Waals surface area contributed by atoms with Crippen molar-refractivity contribution in [3.63, 3.8) is 0 Å². The number of nitrogens with zero attached hydrogens (tertiary/aromatic N) is 1. The monoisotopic (exact) mass is 334 g/mol. The van der Waals surface area contributed by atoms with Gasteiger partial charge in [0.2, 0.25) is 0 Å². The molecule has 0 spiro atoms. The van der Waals surface area contributed by atoms with Gasteiger partial charge in [-0.1, -0.05) is 11.3 Å². The van der Waals surface area contributed by atoms with Crippen molar-refractivity contribution in [1.82, 2.24) is 4.98 Å². The van der Waals surface area contributed by atoms with Gasteiger partial charge in [0.05, 0.1) is 22.2 Å². The molecule has 1 aromatic rings. The molecule has 5 nitrogen and oxygen atoms in total. The molecule has 1 amide bonds. The molecule has 0 radical (unpaired) electrons. The van der Waals surface area contributed by atoms with E-state index in [1.165, 1.54) is 11.3 Å². The van der Waals surface area contributed by atoms with Crippen molar-refractivity contribution in [3.8, 4) is 0 Å². The van der Waals surface area contributed by atoms with Crippen LogP contribution in [-0.4, -0.2) is 36.8 Å². The zero-order valence-corrected chi connectivity index (χ0v) is 12.5. The van der Waals surface area contributed by atoms with E-state index < -0.39 is 0 Å². The first-order chi connectivity index (χ1) is 8.65. The summed E-state index contributed by atoms with van der Waals surface area (Å²) < 4.78 is 11.6. The van der Waals surface area contributed by atoms with Gasteiger partial charge < -0.3 is 9.47 Å². The van der Waals surface area contributed by atoms with Gasteiger partial charge in [0.15, 0.2) is 5.13 Å². The van der Waals surface area contributed by atoms with E-state index in [1.807, 2.05) is 6.92 Å². The van der Waals surface area contributed by atoms with Crippen molar-refractivity contribution in [2.75, 3.05) is 25.1 Å². The summed E-state index contributed by atoms with van der Waals surface area (Å²) in [5.74, 6) is -0.186. The number of nitrogens with one attached hydrogen (secondary N) is 1. The van der Waals surface area contributed by atoms with Crippen molar-refractivity contribution in [3.05, 3.63) is 9.48 Å². The first kappa shape index (κ1) is 13.9. The molecule has 0 bridgehead atoms. The average molecular weight is 335 g/mol.